The van der Waals surface area contributed by atoms with Crippen LogP contribution in [0.3, 0.4) is 0 Å². The summed E-state index contributed by atoms with van der Waals surface area (Å²) < 4.78 is 21.4. The highest BCUT2D eigenvalue weighted by molar-refractivity contribution is 5.92. The molecule has 0 aliphatic carbocycles. The van der Waals surface area contributed by atoms with Gasteiger partial charge in [0.2, 0.25) is 5.43 Å². The molecule has 1 heterocycles. The maximum Gasteiger partial charge on any atom is 0.308 e. The van der Waals surface area contributed by atoms with Crippen molar-refractivity contribution in [2.24, 2.45) is 0 Å². The van der Waals surface area contributed by atoms with Gasteiger partial charge in [0.05, 0.1) is 19.8 Å². The third-order valence-electron chi connectivity index (χ3n) is 4.09. The number of carbonyl (C=O) groups excluding carboxylic acids is 1. The standard InChI is InChI=1S/C20H18O6/c1-11-16(24-4)9-17(26-12(2)21)18-19(22)15(10-25-20(11)18)13-5-7-14(23-3)8-6-13/h5-10H,1-4H3. The van der Waals surface area contributed by atoms with Gasteiger partial charge >= 0.3 is 5.97 Å². The minimum atomic E-state index is -0.536. The fourth-order valence-corrected chi connectivity index (χ4v) is 2.80. The van der Waals surface area contributed by atoms with E-state index in [2.05, 4.69) is 0 Å². The number of hydrogen-bond donors (Lipinski definition) is 0. The number of carbonyl (C=O) groups is 1. The second-order valence-corrected chi connectivity index (χ2v) is 5.71. The van der Waals surface area contributed by atoms with Crippen molar-refractivity contribution in [3.05, 3.63) is 52.4 Å². The van der Waals surface area contributed by atoms with Crippen LogP contribution in [0.2, 0.25) is 0 Å². The van der Waals surface area contributed by atoms with Gasteiger partial charge < -0.3 is 18.6 Å². The zero-order valence-electron chi connectivity index (χ0n) is 14.9. The zero-order valence-corrected chi connectivity index (χ0v) is 14.9. The summed E-state index contributed by atoms with van der Waals surface area (Å²) in [6, 6.07) is 8.56. The Morgan fingerprint density at radius 1 is 1.04 bits per heavy atom. The average Bonchev–Trinajstić information content (AvgIpc) is 2.63. The second kappa shape index (κ2) is 6.92. The lowest BCUT2D eigenvalue weighted by Crippen LogP contribution is -2.10. The number of hydrogen-bond acceptors (Lipinski definition) is 6. The number of esters is 1. The van der Waals surface area contributed by atoms with Gasteiger partial charge in [-0.2, -0.15) is 0 Å². The Kier molecular flexibility index (Phi) is 4.67. The fourth-order valence-electron chi connectivity index (χ4n) is 2.80. The van der Waals surface area contributed by atoms with E-state index in [-0.39, 0.29) is 16.6 Å². The Balaban J connectivity index is 2.30. The molecule has 26 heavy (non-hydrogen) atoms. The van der Waals surface area contributed by atoms with Crippen molar-refractivity contribution in [2.75, 3.05) is 14.2 Å². The summed E-state index contributed by atoms with van der Waals surface area (Å²) in [6.45, 7) is 3.04. The Bertz CT molecular complexity index is 1030. The van der Waals surface area contributed by atoms with Crippen molar-refractivity contribution in [1.29, 1.82) is 0 Å². The highest BCUT2D eigenvalue weighted by Crippen LogP contribution is 2.35. The van der Waals surface area contributed by atoms with Gasteiger partial charge in [0.25, 0.3) is 0 Å². The minimum Gasteiger partial charge on any atom is -0.497 e. The van der Waals surface area contributed by atoms with E-state index in [0.717, 1.165) is 0 Å². The smallest absolute Gasteiger partial charge is 0.308 e. The summed E-state index contributed by atoms with van der Waals surface area (Å²) >= 11 is 0. The number of aryl methyl sites for hydroxylation is 1. The molecule has 0 atom stereocenters. The van der Waals surface area contributed by atoms with Gasteiger partial charge in [-0.1, -0.05) is 12.1 Å². The molecule has 0 N–H and O–H groups in total. The predicted octanol–water partition coefficient (Wildman–Crippen LogP) is 3.71. The van der Waals surface area contributed by atoms with E-state index in [1.165, 1.54) is 26.4 Å². The van der Waals surface area contributed by atoms with Crippen molar-refractivity contribution in [1.82, 2.24) is 0 Å². The lowest BCUT2D eigenvalue weighted by molar-refractivity contribution is -0.131. The lowest BCUT2D eigenvalue weighted by atomic mass is 10.0. The maximum atomic E-state index is 13.1. The molecule has 0 radical (unpaired) electrons. The first-order valence-corrected chi connectivity index (χ1v) is 7.92. The molecule has 0 saturated carbocycles. The second-order valence-electron chi connectivity index (χ2n) is 5.71. The molecule has 0 spiro atoms. The summed E-state index contributed by atoms with van der Waals surface area (Å²) in [4.78, 5) is 24.6. The number of methoxy groups -OCH3 is 2. The van der Waals surface area contributed by atoms with Gasteiger partial charge in [-0.3, -0.25) is 9.59 Å². The predicted molar refractivity (Wildman–Crippen MR) is 97.1 cm³/mol. The van der Waals surface area contributed by atoms with Crippen LogP contribution in [0, 0.1) is 6.92 Å². The molecule has 0 aliphatic rings. The summed E-state index contributed by atoms with van der Waals surface area (Å²) in [5.41, 5.74) is 1.71. The van der Waals surface area contributed by atoms with Crippen LogP contribution in [-0.4, -0.2) is 20.2 Å². The maximum absolute atomic E-state index is 13.1. The van der Waals surface area contributed by atoms with Crippen molar-refractivity contribution in [3.8, 4) is 28.4 Å². The molecular weight excluding hydrogens is 336 g/mol. The molecule has 6 nitrogen and oxygen atoms in total. The van der Waals surface area contributed by atoms with Crippen LogP contribution < -0.4 is 19.6 Å². The molecule has 0 fully saturated rings. The minimum absolute atomic E-state index is 0.110. The molecule has 3 rings (SSSR count). The van der Waals surface area contributed by atoms with Gasteiger partial charge in [-0.25, -0.2) is 0 Å². The summed E-state index contributed by atoms with van der Waals surface area (Å²) in [5.74, 6) is 0.722. The summed E-state index contributed by atoms with van der Waals surface area (Å²) in [6.07, 6.45) is 1.40. The number of rotatable bonds is 4. The third-order valence-corrected chi connectivity index (χ3v) is 4.09. The van der Waals surface area contributed by atoms with Gasteiger partial charge in [-0.05, 0) is 24.6 Å². The first-order valence-electron chi connectivity index (χ1n) is 7.92. The van der Waals surface area contributed by atoms with Crippen LogP contribution in [0.4, 0.5) is 0 Å². The third kappa shape index (κ3) is 3.01. The molecule has 0 saturated heterocycles. The largest absolute Gasteiger partial charge is 0.497 e. The van der Waals surface area contributed by atoms with Gasteiger partial charge in [-0.15, -0.1) is 0 Å². The molecular formula is C20H18O6. The fraction of sp³-hybridized carbons (Fsp3) is 0.200. The van der Waals surface area contributed by atoms with E-state index in [1.807, 2.05) is 0 Å². The molecule has 134 valence electrons. The molecule has 3 aromatic rings. The molecule has 2 aromatic carbocycles. The molecule has 0 bridgehead atoms. The first kappa shape index (κ1) is 17.5. The van der Waals surface area contributed by atoms with E-state index in [4.69, 9.17) is 18.6 Å². The lowest BCUT2D eigenvalue weighted by Gasteiger charge is -2.12. The highest BCUT2D eigenvalue weighted by Gasteiger charge is 2.19. The Morgan fingerprint density at radius 2 is 1.73 bits per heavy atom. The molecule has 0 amide bonds. The topological polar surface area (TPSA) is 75.0 Å². The molecule has 0 unspecified atom stereocenters. The molecule has 0 aliphatic heterocycles. The van der Waals surface area contributed by atoms with Crippen molar-refractivity contribution < 1.29 is 23.4 Å². The Hall–Kier alpha value is -3.28. The van der Waals surface area contributed by atoms with Crippen LogP contribution in [0.25, 0.3) is 22.1 Å². The van der Waals surface area contributed by atoms with Gasteiger partial charge in [0.15, 0.2) is 0 Å². The number of benzene rings is 2. The molecule has 1 aromatic heterocycles. The van der Waals surface area contributed by atoms with Crippen LogP contribution in [0.5, 0.6) is 17.2 Å². The van der Waals surface area contributed by atoms with Gasteiger partial charge in [0, 0.05) is 18.6 Å². The van der Waals surface area contributed by atoms with Crippen molar-refractivity contribution >= 4 is 16.9 Å². The Morgan fingerprint density at radius 3 is 2.31 bits per heavy atom. The van der Waals surface area contributed by atoms with Gasteiger partial charge in [0.1, 0.15) is 34.5 Å². The quantitative estimate of drug-likeness (QED) is 0.525. The van der Waals surface area contributed by atoms with E-state index >= 15 is 0 Å². The van der Waals surface area contributed by atoms with Crippen LogP contribution >= 0.6 is 0 Å². The summed E-state index contributed by atoms with van der Waals surface area (Å²) in [5, 5.41) is 0.201. The highest BCUT2D eigenvalue weighted by atomic mass is 16.5. The summed E-state index contributed by atoms with van der Waals surface area (Å²) in [7, 11) is 3.07. The molecule has 6 heteroatoms. The van der Waals surface area contributed by atoms with E-state index in [0.29, 0.717) is 33.8 Å². The number of fused-ring (bicyclic) bond motifs is 1. The van der Waals surface area contributed by atoms with Crippen LogP contribution in [0.15, 0.2) is 45.8 Å². The van der Waals surface area contributed by atoms with E-state index in [1.54, 1.807) is 38.3 Å². The van der Waals surface area contributed by atoms with Crippen LogP contribution in [0.1, 0.15) is 12.5 Å². The van der Waals surface area contributed by atoms with Crippen molar-refractivity contribution in [3.63, 3.8) is 0 Å². The number of ether oxygens (including phenoxy) is 3. The zero-order chi connectivity index (χ0) is 18.8. The normalized spacial score (nSPS) is 10.6. The van der Waals surface area contributed by atoms with Crippen LogP contribution in [-0.2, 0) is 4.79 Å². The first-order chi connectivity index (χ1) is 12.5. The SMILES string of the molecule is COc1ccc(-c2coc3c(C)c(OC)cc(OC(C)=O)c3c2=O)cc1. The van der Waals surface area contributed by atoms with Crippen molar-refractivity contribution in [2.45, 2.75) is 13.8 Å². The average molecular weight is 354 g/mol. The monoisotopic (exact) mass is 354 g/mol. The van der Waals surface area contributed by atoms with E-state index in [9.17, 15) is 9.59 Å². The van der Waals surface area contributed by atoms with E-state index < -0.39 is 5.97 Å². The Labute approximate surface area is 149 Å².